The summed E-state index contributed by atoms with van der Waals surface area (Å²) in [5, 5.41) is 27.2. The van der Waals surface area contributed by atoms with Crippen LogP contribution in [0.4, 0.5) is 27.3 Å². The second-order valence-corrected chi connectivity index (χ2v) is 13.3. The number of pyridine rings is 1. The van der Waals surface area contributed by atoms with Crippen LogP contribution in [0.3, 0.4) is 0 Å². The van der Waals surface area contributed by atoms with Crippen LogP contribution in [-0.4, -0.2) is 43.5 Å². The standard InChI is InChI=1S/C34H34Cl2FN9/c1-34(2,3)45-14-12-24(13-15-45)46-19-30(43-44-46)31(20-4-6-21(35)7-5-20)40-22-9-11-29-25(16-22)32(26(18-38)33(39)42-29)41-23-8-10-28(37)27(36)17-23/h4-11,16-17,19,24,31,40H,12-15H2,1-3H3,(H3,39,41,42). The van der Waals surface area contributed by atoms with Crippen LogP contribution >= 0.6 is 23.2 Å². The van der Waals surface area contributed by atoms with Crippen LogP contribution in [0.1, 0.15) is 62.5 Å². The Morgan fingerprint density at radius 1 is 1.02 bits per heavy atom. The Hall–Kier alpha value is -4.43. The van der Waals surface area contributed by atoms with Crippen molar-refractivity contribution in [3.8, 4) is 6.07 Å². The molecular formula is C34H34Cl2FN9. The Labute approximate surface area is 277 Å². The molecule has 0 bridgehead atoms. The van der Waals surface area contributed by atoms with E-state index in [4.69, 9.17) is 28.9 Å². The molecule has 4 N–H and O–H groups in total. The van der Waals surface area contributed by atoms with Crippen LogP contribution in [0.15, 0.2) is 66.9 Å². The summed E-state index contributed by atoms with van der Waals surface area (Å²) in [6, 6.07) is 19.6. The molecular weight excluding hydrogens is 624 g/mol. The highest BCUT2D eigenvalue weighted by Crippen LogP contribution is 2.36. The van der Waals surface area contributed by atoms with E-state index in [0.29, 0.717) is 27.3 Å². The van der Waals surface area contributed by atoms with Gasteiger partial charge in [0.2, 0.25) is 0 Å². The Kier molecular flexibility index (Phi) is 8.75. The number of nitrogens with two attached hydrogens (primary N) is 1. The first-order valence-corrected chi connectivity index (χ1v) is 15.8. The number of fused-ring (bicyclic) bond motifs is 1. The second kappa shape index (κ2) is 12.8. The monoisotopic (exact) mass is 657 g/mol. The minimum Gasteiger partial charge on any atom is -0.383 e. The van der Waals surface area contributed by atoms with Gasteiger partial charge in [-0.1, -0.05) is 40.5 Å². The summed E-state index contributed by atoms with van der Waals surface area (Å²) < 4.78 is 15.9. The fourth-order valence-electron chi connectivity index (χ4n) is 5.89. The van der Waals surface area contributed by atoms with Crippen molar-refractivity contribution in [3.63, 3.8) is 0 Å². The normalized spacial score (nSPS) is 15.1. The zero-order valence-electron chi connectivity index (χ0n) is 25.7. The van der Waals surface area contributed by atoms with Crippen LogP contribution in [0, 0.1) is 17.1 Å². The largest absolute Gasteiger partial charge is 0.383 e. The van der Waals surface area contributed by atoms with Gasteiger partial charge in [0.05, 0.1) is 34.5 Å². The van der Waals surface area contributed by atoms with Crippen LogP contribution in [0.25, 0.3) is 10.9 Å². The number of anilines is 4. The first kappa shape index (κ1) is 31.5. The lowest BCUT2D eigenvalue weighted by Crippen LogP contribution is -2.46. The molecule has 1 aliphatic rings. The number of nitrogen functional groups attached to an aromatic ring is 1. The Bertz CT molecular complexity index is 1920. The molecule has 1 atom stereocenters. The van der Waals surface area contributed by atoms with Crippen molar-refractivity contribution >= 4 is 57.0 Å². The number of nitriles is 1. The van der Waals surface area contributed by atoms with Gasteiger partial charge >= 0.3 is 0 Å². The molecule has 6 rings (SSSR count). The first-order chi connectivity index (χ1) is 22.0. The molecule has 1 unspecified atom stereocenters. The van der Waals surface area contributed by atoms with Crippen molar-refractivity contribution in [1.82, 2.24) is 24.9 Å². The van der Waals surface area contributed by atoms with E-state index in [-0.39, 0.29) is 34.0 Å². The molecule has 0 spiro atoms. The molecule has 5 aromatic rings. The highest BCUT2D eigenvalue weighted by Gasteiger charge is 2.29. The quantitative estimate of drug-likeness (QED) is 0.160. The van der Waals surface area contributed by atoms with Crippen molar-refractivity contribution in [2.24, 2.45) is 0 Å². The molecule has 1 saturated heterocycles. The molecule has 1 aliphatic heterocycles. The van der Waals surface area contributed by atoms with Gasteiger partial charge in [-0.2, -0.15) is 5.26 Å². The average Bonchev–Trinajstić information content (AvgIpc) is 3.52. The summed E-state index contributed by atoms with van der Waals surface area (Å²) in [6.07, 6.45) is 4.01. The zero-order valence-corrected chi connectivity index (χ0v) is 27.2. The summed E-state index contributed by atoms with van der Waals surface area (Å²) >= 11 is 12.3. The fourth-order valence-corrected chi connectivity index (χ4v) is 6.19. The van der Waals surface area contributed by atoms with Gasteiger partial charge < -0.3 is 16.4 Å². The fraction of sp³-hybridized carbons (Fsp3) is 0.294. The number of hydrogen-bond donors (Lipinski definition) is 3. The number of nitrogens with zero attached hydrogens (tertiary/aromatic N) is 6. The minimum absolute atomic E-state index is 0.0456. The number of benzene rings is 3. The third-order valence-corrected chi connectivity index (χ3v) is 8.98. The van der Waals surface area contributed by atoms with E-state index in [9.17, 15) is 9.65 Å². The van der Waals surface area contributed by atoms with Gasteiger partial charge in [0.1, 0.15) is 29.0 Å². The Balaban J connectivity index is 1.35. The van der Waals surface area contributed by atoms with E-state index >= 15 is 0 Å². The molecule has 0 saturated carbocycles. The number of piperidine rings is 1. The third-order valence-electron chi connectivity index (χ3n) is 8.44. The molecule has 46 heavy (non-hydrogen) atoms. The van der Waals surface area contributed by atoms with E-state index in [2.05, 4.69) is 57.7 Å². The number of hydrogen-bond acceptors (Lipinski definition) is 8. The highest BCUT2D eigenvalue weighted by molar-refractivity contribution is 6.31. The number of likely N-dealkylation sites (tertiary alicyclic amines) is 1. The topological polar surface area (TPSA) is 121 Å². The SMILES string of the molecule is CC(C)(C)N1CCC(n2cc(C(Nc3ccc4nc(N)c(C#N)c(Nc5ccc(F)c(Cl)c5)c4c3)c3ccc(Cl)cc3)nn2)CC1. The van der Waals surface area contributed by atoms with E-state index in [1.54, 1.807) is 6.07 Å². The van der Waals surface area contributed by atoms with Gasteiger partial charge in [0.15, 0.2) is 0 Å². The lowest BCUT2D eigenvalue weighted by Gasteiger charge is -2.40. The highest BCUT2D eigenvalue weighted by atomic mass is 35.5. The van der Waals surface area contributed by atoms with Crippen molar-refractivity contribution in [1.29, 1.82) is 5.26 Å². The lowest BCUT2D eigenvalue weighted by atomic mass is 9.98. The van der Waals surface area contributed by atoms with Gasteiger partial charge in [-0.25, -0.2) is 14.1 Å². The number of aromatic nitrogens is 4. The van der Waals surface area contributed by atoms with Crippen molar-refractivity contribution < 1.29 is 4.39 Å². The molecule has 12 heteroatoms. The number of rotatable bonds is 7. The predicted octanol–water partition coefficient (Wildman–Crippen LogP) is 8.11. The Morgan fingerprint density at radius 2 is 1.74 bits per heavy atom. The van der Waals surface area contributed by atoms with Crippen molar-refractivity contribution in [2.45, 2.75) is 51.2 Å². The van der Waals surface area contributed by atoms with Crippen LogP contribution < -0.4 is 16.4 Å². The first-order valence-electron chi connectivity index (χ1n) is 15.0. The summed E-state index contributed by atoms with van der Waals surface area (Å²) in [6.45, 7) is 8.75. The number of nitrogens with one attached hydrogen (secondary N) is 2. The van der Waals surface area contributed by atoms with Crippen molar-refractivity contribution in [3.05, 3.63) is 99.5 Å². The maximum absolute atomic E-state index is 13.9. The molecule has 236 valence electrons. The van der Waals surface area contributed by atoms with Crippen LogP contribution in [-0.2, 0) is 0 Å². The lowest BCUT2D eigenvalue weighted by molar-refractivity contribution is 0.0866. The maximum atomic E-state index is 13.9. The van der Waals surface area contributed by atoms with E-state index < -0.39 is 5.82 Å². The van der Waals surface area contributed by atoms with Gasteiger partial charge in [-0.3, -0.25) is 4.90 Å². The zero-order chi connectivity index (χ0) is 32.6. The summed E-state index contributed by atoms with van der Waals surface area (Å²) in [5.74, 6) is -0.464. The minimum atomic E-state index is -0.543. The molecule has 9 nitrogen and oxygen atoms in total. The van der Waals surface area contributed by atoms with Crippen molar-refractivity contribution in [2.75, 3.05) is 29.5 Å². The summed E-state index contributed by atoms with van der Waals surface area (Å²) in [5.41, 5.74) is 10.4. The molecule has 0 radical (unpaired) electrons. The molecule has 3 heterocycles. The van der Waals surface area contributed by atoms with E-state index in [1.165, 1.54) is 12.1 Å². The van der Waals surface area contributed by atoms with Gasteiger partial charge in [-0.05, 0) is 87.7 Å². The van der Waals surface area contributed by atoms with Gasteiger partial charge in [0, 0.05) is 40.4 Å². The molecule has 0 aliphatic carbocycles. The molecule has 3 aromatic carbocycles. The van der Waals surface area contributed by atoms with Crippen LogP contribution in [0.2, 0.25) is 10.0 Å². The van der Waals surface area contributed by atoms with E-state index in [1.807, 2.05) is 53.3 Å². The predicted molar refractivity (Wildman–Crippen MR) is 182 cm³/mol. The third kappa shape index (κ3) is 6.58. The summed E-state index contributed by atoms with van der Waals surface area (Å²) in [4.78, 5) is 6.97. The second-order valence-electron chi connectivity index (χ2n) is 12.5. The van der Waals surface area contributed by atoms with Gasteiger partial charge in [-0.15, -0.1) is 5.10 Å². The summed E-state index contributed by atoms with van der Waals surface area (Å²) in [7, 11) is 0. The number of halogens is 3. The van der Waals surface area contributed by atoms with Crippen LogP contribution in [0.5, 0.6) is 0 Å². The molecule has 1 fully saturated rings. The molecule has 0 amide bonds. The smallest absolute Gasteiger partial charge is 0.144 e. The molecule has 2 aromatic heterocycles. The van der Waals surface area contributed by atoms with Gasteiger partial charge in [0.25, 0.3) is 0 Å². The van der Waals surface area contributed by atoms with E-state index in [0.717, 1.165) is 42.9 Å². The average molecular weight is 659 g/mol. The maximum Gasteiger partial charge on any atom is 0.144 e. The Morgan fingerprint density at radius 3 is 2.41 bits per heavy atom.